The van der Waals surface area contributed by atoms with Crippen LogP contribution in [0.4, 0.5) is 0 Å². The van der Waals surface area contributed by atoms with Crippen molar-refractivity contribution < 1.29 is 9.90 Å². The molecule has 0 saturated heterocycles. The highest BCUT2D eigenvalue weighted by Crippen LogP contribution is 2.26. The molecule has 2 heterocycles. The normalized spacial score (nSPS) is 10.8. The summed E-state index contributed by atoms with van der Waals surface area (Å²) in [6.07, 6.45) is 4.17. The fourth-order valence-electron chi connectivity index (χ4n) is 1.78. The summed E-state index contributed by atoms with van der Waals surface area (Å²) in [5, 5.41) is 9.83. The minimum absolute atomic E-state index is 0.189. The summed E-state index contributed by atoms with van der Waals surface area (Å²) in [6, 6.07) is 0. The maximum Gasteiger partial charge on any atom is 0.340 e. The van der Waals surface area contributed by atoms with Crippen LogP contribution in [0.15, 0.2) is 17.6 Å². The zero-order valence-corrected chi connectivity index (χ0v) is 12.4. The standard InChI is InChI=1S/C13H16N4O2S/c1-4-10-15-8(2)11(13(18)19)12(16-10)20-6-9-5-14-7-17(9)3/h5,7H,4,6H2,1-3H3,(H,18,19). The Morgan fingerprint density at radius 3 is 2.75 bits per heavy atom. The summed E-state index contributed by atoms with van der Waals surface area (Å²) in [6.45, 7) is 3.66. The molecular weight excluding hydrogens is 276 g/mol. The Labute approximate surface area is 121 Å². The molecule has 0 spiro atoms. The van der Waals surface area contributed by atoms with Crippen LogP contribution in [0.25, 0.3) is 0 Å². The van der Waals surface area contributed by atoms with Gasteiger partial charge in [-0.1, -0.05) is 18.7 Å². The van der Waals surface area contributed by atoms with Gasteiger partial charge in [-0.3, -0.25) is 0 Å². The average molecular weight is 292 g/mol. The molecular formula is C13H16N4O2S. The number of carboxylic acids is 1. The Morgan fingerprint density at radius 2 is 2.20 bits per heavy atom. The predicted octanol–water partition coefficient (Wildman–Crippen LogP) is 2.07. The second-order valence-electron chi connectivity index (χ2n) is 4.35. The van der Waals surface area contributed by atoms with Crippen molar-refractivity contribution in [3.8, 4) is 0 Å². The third-order valence-corrected chi connectivity index (χ3v) is 3.92. The molecule has 0 fully saturated rings. The van der Waals surface area contributed by atoms with Gasteiger partial charge in [0.2, 0.25) is 0 Å². The molecule has 1 N–H and O–H groups in total. The van der Waals surface area contributed by atoms with E-state index in [0.29, 0.717) is 28.7 Å². The lowest BCUT2D eigenvalue weighted by Crippen LogP contribution is -2.09. The maximum atomic E-state index is 11.4. The Bertz CT molecular complexity index is 639. The molecule has 6 nitrogen and oxygen atoms in total. The van der Waals surface area contributed by atoms with Crippen LogP contribution in [-0.2, 0) is 19.2 Å². The molecule has 0 saturated carbocycles. The highest BCUT2D eigenvalue weighted by Gasteiger charge is 2.18. The third kappa shape index (κ3) is 2.98. The van der Waals surface area contributed by atoms with Gasteiger partial charge < -0.3 is 9.67 Å². The first-order valence-corrected chi connectivity index (χ1v) is 7.20. The van der Waals surface area contributed by atoms with Gasteiger partial charge in [0.1, 0.15) is 16.4 Å². The van der Waals surface area contributed by atoms with Gasteiger partial charge in [0, 0.05) is 31.1 Å². The first kappa shape index (κ1) is 14.5. The lowest BCUT2D eigenvalue weighted by molar-refractivity contribution is 0.0690. The van der Waals surface area contributed by atoms with Crippen molar-refractivity contribution in [2.75, 3.05) is 0 Å². The van der Waals surface area contributed by atoms with Gasteiger partial charge in [0.25, 0.3) is 0 Å². The average Bonchev–Trinajstić information content (AvgIpc) is 2.80. The molecule has 0 aromatic carbocycles. The molecule has 0 aliphatic heterocycles. The van der Waals surface area contributed by atoms with Crippen LogP contribution in [0.2, 0.25) is 0 Å². The number of rotatable bonds is 5. The van der Waals surface area contributed by atoms with Crippen molar-refractivity contribution >= 4 is 17.7 Å². The smallest absolute Gasteiger partial charge is 0.340 e. The van der Waals surface area contributed by atoms with Crippen molar-refractivity contribution in [1.29, 1.82) is 0 Å². The van der Waals surface area contributed by atoms with E-state index < -0.39 is 5.97 Å². The number of hydrogen-bond acceptors (Lipinski definition) is 5. The van der Waals surface area contributed by atoms with Gasteiger partial charge in [0.05, 0.1) is 12.0 Å². The van der Waals surface area contributed by atoms with Crippen molar-refractivity contribution in [2.24, 2.45) is 7.05 Å². The molecule has 0 radical (unpaired) electrons. The molecule has 2 aromatic heterocycles. The molecule has 0 amide bonds. The zero-order valence-electron chi connectivity index (χ0n) is 11.6. The van der Waals surface area contributed by atoms with Crippen molar-refractivity contribution in [3.05, 3.63) is 35.3 Å². The number of aromatic carboxylic acids is 1. The van der Waals surface area contributed by atoms with Crippen LogP contribution >= 0.6 is 11.8 Å². The molecule has 106 valence electrons. The van der Waals surface area contributed by atoms with E-state index in [4.69, 9.17) is 0 Å². The summed E-state index contributed by atoms with van der Waals surface area (Å²) in [5.74, 6) is 0.300. The van der Waals surface area contributed by atoms with Crippen LogP contribution in [0, 0.1) is 6.92 Å². The quantitative estimate of drug-likeness (QED) is 0.671. The van der Waals surface area contributed by atoms with Gasteiger partial charge in [0.15, 0.2) is 0 Å². The first-order valence-electron chi connectivity index (χ1n) is 6.21. The van der Waals surface area contributed by atoms with E-state index in [0.717, 1.165) is 5.69 Å². The van der Waals surface area contributed by atoms with Crippen molar-refractivity contribution in [1.82, 2.24) is 19.5 Å². The minimum atomic E-state index is -0.988. The summed E-state index contributed by atoms with van der Waals surface area (Å²) in [4.78, 5) is 24.0. The fraction of sp³-hybridized carbons (Fsp3) is 0.385. The molecule has 0 bridgehead atoms. The van der Waals surface area contributed by atoms with Gasteiger partial charge in [-0.25, -0.2) is 19.7 Å². The summed E-state index contributed by atoms with van der Waals surface area (Å²) in [7, 11) is 1.91. The Morgan fingerprint density at radius 1 is 1.45 bits per heavy atom. The monoisotopic (exact) mass is 292 g/mol. The van der Waals surface area contributed by atoms with E-state index >= 15 is 0 Å². The molecule has 0 aliphatic carbocycles. The largest absolute Gasteiger partial charge is 0.478 e. The SMILES string of the molecule is CCc1nc(C)c(C(=O)O)c(SCc2cncn2C)n1. The highest BCUT2D eigenvalue weighted by molar-refractivity contribution is 7.98. The molecule has 2 rings (SSSR count). The van der Waals surface area contributed by atoms with E-state index in [1.165, 1.54) is 11.8 Å². The van der Waals surface area contributed by atoms with Crippen LogP contribution in [0.1, 0.15) is 34.5 Å². The number of imidazole rings is 1. The number of aryl methyl sites for hydroxylation is 3. The van der Waals surface area contributed by atoms with Crippen molar-refractivity contribution in [3.63, 3.8) is 0 Å². The number of carboxylic acid groups (broad SMARTS) is 1. The fourth-order valence-corrected chi connectivity index (χ4v) is 2.89. The molecule has 20 heavy (non-hydrogen) atoms. The molecule has 0 unspecified atom stereocenters. The number of nitrogens with zero attached hydrogens (tertiary/aromatic N) is 4. The first-order chi connectivity index (χ1) is 9.52. The third-order valence-electron chi connectivity index (χ3n) is 2.91. The Balaban J connectivity index is 2.31. The van der Waals surface area contributed by atoms with Crippen LogP contribution in [0.5, 0.6) is 0 Å². The van der Waals surface area contributed by atoms with Gasteiger partial charge in [-0.15, -0.1) is 0 Å². The highest BCUT2D eigenvalue weighted by atomic mass is 32.2. The molecule has 0 aliphatic rings. The van der Waals surface area contributed by atoms with Crippen LogP contribution < -0.4 is 0 Å². The lowest BCUT2D eigenvalue weighted by Gasteiger charge is -2.09. The van der Waals surface area contributed by atoms with E-state index in [1.807, 2.05) is 18.5 Å². The predicted molar refractivity (Wildman–Crippen MR) is 75.9 cm³/mol. The molecule has 0 atom stereocenters. The number of hydrogen-bond donors (Lipinski definition) is 1. The topological polar surface area (TPSA) is 80.9 Å². The number of carbonyl (C=O) groups is 1. The van der Waals surface area contributed by atoms with Gasteiger partial charge in [-0.2, -0.15) is 0 Å². The van der Waals surface area contributed by atoms with E-state index in [2.05, 4.69) is 15.0 Å². The molecule has 7 heteroatoms. The lowest BCUT2D eigenvalue weighted by atomic mass is 10.2. The molecule has 2 aromatic rings. The minimum Gasteiger partial charge on any atom is -0.478 e. The summed E-state index contributed by atoms with van der Waals surface area (Å²) in [5.41, 5.74) is 1.71. The maximum absolute atomic E-state index is 11.4. The van der Waals surface area contributed by atoms with Crippen molar-refractivity contribution in [2.45, 2.75) is 31.0 Å². The second kappa shape index (κ2) is 6.04. The van der Waals surface area contributed by atoms with Crippen LogP contribution in [-0.4, -0.2) is 30.6 Å². The van der Waals surface area contributed by atoms with E-state index in [1.54, 1.807) is 19.4 Å². The summed E-state index contributed by atoms with van der Waals surface area (Å²) >= 11 is 1.40. The van der Waals surface area contributed by atoms with Crippen LogP contribution in [0.3, 0.4) is 0 Å². The number of aromatic nitrogens is 4. The van der Waals surface area contributed by atoms with E-state index in [-0.39, 0.29) is 5.56 Å². The second-order valence-corrected chi connectivity index (χ2v) is 5.31. The Kier molecular flexibility index (Phi) is 4.39. The van der Waals surface area contributed by atoms with E-state index in [9.17, 15) is 9.90 Å². The Hall–Kier alpha value is -1.89. The summed E-state index contributed by atoms with van der Waals surface area (Å²) < 4.78 is 1.90. The van der Waals surface area contributed by atoms with Gasteiger partial charge in [-0.05, 0) is 6.92 Å². The zero-order chi connectivity index (χ0) is 14.7. The van der Waals surface area contributed by atoms with Gasteiger partial charge >= 0.3 is 5.97 Å². The number of thioether (sulfide) groups is 1.